The predicted octanol–water partition coefficient (Wildman–Crippen LogP) is 1.06. The van der Waals surface area contributed by atoms with Gasteiger partial charge in [-0.05, 0) is 44.8 Å². The number of hydrogen-bond donors (Lipinski definition) is 2. The number of hydrogen-bond acceptors (Lipinski definition) is 4. The number of halogens is 2. The minimum atomic E-state index is -0.296. The normalized spacial score (nSPS) is 23.8. The molecule has 0 radical (unpaired) electrons. The van der Waals surface area contributed by atoms with E-state index in [0.29, 0.717) is 13.2 Å². The van der Waals surface area contributed by atoms with E-state index in [-0.39, 0.29) is 36.8 Å². The van der Waals surface area contributed by atoms with Crippen molar-refractivity contribution in [2.45, 2.75) is 32.3 Å². The van der Waals surface area contributed by atoms with E-state index in [9.17, 15) is 4.79 Å². The van der Waals surface area contributed by atoms with Gasteiger partial charge in [0.05, 0.1) is 6.61 Å². The van der Waals surface area contributed by atoms with Gasteiger partial charge in [-0.2, -0.15) is 0 Å². The summed E-state index contributed by atoms with van der Waals surface area (Å²) < 4.78 is 5.43. The molecule has 1 unspecified atom stereocenters. The Morgan fingerprint density at radius 1 is 1.33 bits per heavy atom. The third-order valence-electron chi connectivity index (χ3n) is 4.23. The lowest BCUT2D eigenvalue weighted by Crippen LogP contribution is -2.48. The Balaban J connectivity index is 0.00000200. The van der Waals surface area contributed by atoms with Crippen molar-refractivity contribution >= 4 is 30.7 Å². The van der Waals surface area contributed by atoms with E-state index in [1.165, 1.54) is 25.9 Å². The number of nitrogens with one attached hydrogen (secondary N) is 2. The van der Waals surface area contributed by atoms with E-state index in [0.717, 1.165) is 32.0 Å². The zero-order chi connectivity index (χ0) is 13.5. The number of carbonyl (C=O) groups is 1. The zero-order valence-electron chi connectivity index (χ0n) is 12.8. The molecule has 2 fully saturated rings. The zero-order valence-corrected chi connectivity index (χ0v) is 14.4. The minimum Gasteiger partial charge on any atom is -0.366 e. The monoisotopic (exact) mass is 341 g/mol. The van der Waals surface area contributed by atoms with Gasteiger partial charge in [0.25, 0.3) is 0 Å². The van der Waals surface area contributed by atoms with Crippen molar-refractivity contribution in [3.8, 4) is 0 Å². The van der Waals surface area contributed by atoms with E-state index >= 15 is 0 Å². The fourth-order valence-electron chi connectivity index (χ4n) is 2.84. The first kappa shape index (κ1) is 20.9. The fraction of sp³-hybridized carbons (Fsp3) is 0.929. The number of ether oxygens (including phenoxy) is 1. The molecule has 2 saturated heterocycles. The third-order valence-corrected chi connectivity index (χ3v) is 4.23. The van der Waals surface area contributed by atoms with Crippen LogP contribution < -0.4 is 10.6 Å². The summed E-state index contributed by atoms with van der Waals surface area (Å²) in [4.78, 5) is 14.4. The first-order chi connectivity index (χ1) is 9.29. The number of amides is 1. The molecule has 126 valence electrons. The Bertz CT molecular complexity index is 281. The van der Waals surface area contributed by atoms with Gasteiger partial charge in [0.2, 0.25) is 5.91 Å². The van der Waals surface area contributed by atoms with Gasteiger partial charge in [0.1, 0.15) is 6.10 Å². The Kier molecular flexibility index (Phi) is 11.5. The van der Waals surface area contributed by atoms with Gasteiger partial charge in [0.15, 0.2) is 0 Å². The summed E-state index contributed by atoms with van der Waals surface area (Å²) in [7, 11) is 0. The molecule has 2 heterocycles. The summed E-state index contributed by atoms with van der Waals surface area (Å²) in [5.74, 6) is 0.812. The molecule has 21 heavy (non-hydrogen) atoms. The molecule has 5 nitrogen and oxygen atoms in total. The number of piperidine rings is 1. The highest BCUT2D eigenvalue weighted by molar-refractivity contribution is 5.85. The van der Waals surface area contributed by atoms with Crippen molar-refractivity contribution in [1.82, 2.24) is 15.5 Å². The van der Waals surface area contributed by atoms with E-state index in [1.807, 2.05) is 0 Å². The second-order valence-corrected chi connectivity index (χ2v) is 5.52. The maximum Gasteiger partial charge on any atom is 0.250 e. The Morgan fingerprint density at radius 3 is 2.62 bits per heavy atom. The molecule has 2 rings (SSSR count). The van der Waals surface area contributed by atoms with Crippen molar-refractivity contribution in [1.29, 1.82) is 0 Å². The van der Waals surface area contributed by atoms with Gasteiger partial charge in [0, 0.05) is 19.6 Å². The van der Waals surface area contributed by atoms with Crippen LogP contribution in [0.5, 0.6) is 0 Å². The van der Waals surface area contributed by atoms with Crippen LogP contribution in [0.3, 0.4) is 0 Å². The van der Waals surface area contributed by atoms with E-state index in [2.05, 4.69) is 22.5 Å². The summed E-state index contributed by atoms with van der Waals surface area (Å²) in [5, 5.41) is 6.18. The van der Waals surface area contributed by atoms with Crippen molar-refractivity contribution in [3.05, 3.63) is 0 Å². The third kappa shape index (κ3) is 7.15. The molecular weight excluding hydrogens is 313 g/mol. The summed E-state index contributed by atoms with van der Waals surface area (Å²) in [6.07, 6.45) is 3.34. The lowest BCUT2D eigenvalue weighted by atomic mass is 9.93. The highest BCUT2D eigenvalue weighted by Crippen LogP contribution is 2.19. The van der Waals surface area contributed by atoms with Crippen molar-refractivity contribution in [2.24, 2.45) is 5.92 Å². The van der Waals surface area contributed by atoms with Crippen molar-refractivity contribution in [2.75, 3.05) is 45.9 Å². The second kappa shape index (κ2) is 11.5. The Labute approximate surface area is 140 Å². The lowest BCUT2D eigenvalue weighted by Gasteiger charge is -2.31. The Morgan fingerprint density at radius 2 is 2.05 bits per heavy atom. The molecular formula is C14H29Cl2N3O2. The highest BCUT2D eigenvalue weighted by Gasteiger charge is 2.22. The number of carbonyl (C=O) groups excluding carboxylic acids is 1. The van der Waals surface area contributed by atoms with E-state index in [1.54, 1.807) is 0 Å². The van der Waals surface area contributed by atoms with Gasteiger partial charge < -0.3 is 20.3 Å². The van der Waals surface area contributed by atoms with Crippen molar-refractivity contribution < 1.29 is 9.53 Å². The molecule has 0 aliphatic carbocycles. The molecule has 1 amide bonds. The molecule has 0 aromatic carbocycles. The number of morpholine rings is 1. The van der Waals surface area contributed by atoms with Gasteiger partial charge >= 0.3 is 0 Å². The molecule has 0 aromatic heterocycles. The van der Waals surface area contributed by atoms with E-state index < -0.39 is 0 Å². The fourth-order valence-corrected chi connectivity index (χ4v) is 2.84. The maximum absolute atomic E-state index is 11.9. The van der Waals surface area contributed by atoms with Crippen molar-refractivity contribution in [3.63, 3.8) is 0 Å². The molecule has 0 spiro atoms. The maximum atomic E-state index is 11.9. The second-order valence-electron chi connectivity index (χ2n) is 5.52. The average Bonchev–Trinajstić information content (AvgIpc) is 2.49. The SMILES string of the molecule is CCN1CCC(CCNC(=O)C2CNCCO2)CC1.Cl.Cl. The standard InChI is InChI=1S/C14H27N3O2.2ClH/c1-2-17-8-4-12(5-9-17)3-6-16-14(18)13-11-15-7-10-19-13;;/h12-13,15H,2-11H2,1H3,(H,16,18);2*1H. The molecule has 0 bridgehead atoms. The average molecular weight is 342 g/mol. The van der Waals surface area contributed by atoms with Crippen LogP contribution in [0.1, 0.15) is 26.2 Å². The number of rotatable bonds is 5. The summed E-state index contributed by atoms with van der Waals surface area (Å²) in [6, 6.07) is 0. The van der Waals surface area contributed by atoms with Crippen LogP contribution in [0.25, 0.3) is 0 Å². The van der Waals surface area contributed by atoms with Crippen LogP contribution >= 0.6 is 24.8 Å². The van der Waals surface area contributed by atoms with Crippen LogP contribution in [-0.2, 0) is 9.53 Å². The smallest absolute Gasteiger partial charge is 0.250 e. The van der Waals surface area contributed by atoms with Gasteiger partial charge in [-0.3, -0.25) is 4.79 Å². The lowest BCUT2D eigenvalue weighted by molar-refractivity contribution is -0.134. The largest absolute Gasteiger partial charge is 0.366 e. The van der Waals surface area contributed by atoms with Crippen LogP contribution in [-0.4, -0.2) is 62.8 Å². The van der Waals surface area contributed by atoms with Crippen LogP contribution in [0.4, 0.5) is 0 Å². The first-order valence-electron chi connectivity index (χ1n) is 7.62. The molecule has 0 saturated carbocycles. The highest BCUT2D eigenvalue weighted by atomic mass is 35.5. The Hall–Kier alpha value is -0.0700. The van der Waals surface area contributed by atoms with Crippen LogP contribution in [0.2, 0.25) is 0 Å². The molecule has 2 aliphatic heterocycles. The molecule has 2 N–H and O–H groups in total. The summed E-state index contributed by atoms with van der Waals surface area (Å²) in [5.41, 5.74) is 0. The molecule has 2 aliphatic rings. The number of nitrogens with zero attached hydrogens (tertiary/aromatic N) is 1. The van der Waals surface area contributed by atoms with Gasteiger partial charge in [-0.1, -0.05) is 6.92 Å². The quantitative estimate of drug-likeness (QED) is 0.784. The predicted molar refractivity (Wildman–Crippen MR) is 89.6 cm³/mol. The minimum absolute atomic E-state index is 0. The summed E-state index contributed by atoms with van der Waals surface area (Å²) >= 11 is 0. The first-order valence-corrected chi connectivity index (χ1v) is 7.62. The molecule has 0 aromatic rings. The molecule has 7 heteroatoms. The topological polar surface area (TPSA) is 53.6 Å². The van der Waals surface area contributed by atoms with E-state index in [4.69, 9.17) is 4.74 Å². The van der Waals surface area contributed by atoms with Crippen LogP contribution in [0, 0.1) is 5.92 Å². The van der Waals surface area contributed by atoms with Crippen LogP contribution in [0.15, 0.2) is 0 Å². The summed E-state index contributed by atoms with van der Waals surface area (Å²) in [6.45, 7) is 8.72. The van der Waals surface area contributed by atoms with Gasteiger partial charge in [-0.25, -0.2) is 0 Å². The number of likely N-dealkylation sites (tertiary alicyclic amines) is 1. The van der Waals surface area contributed by atoms with Gasteiger partial charge in [-0.15, -0.1) is 24.8 Å². The molecule has 1 atom stereocenters.